The number of fused-ring (bicyclic) bond motifs is 1. The molecule has 1 saturated heterocycles. The van der Waals surface area contributed by atoms with Gasteiger partial charge < -0.3 is 0 Å². The Bertz CT molecular complexity index is 794. The smallest absolute Gasteiger partial charge is 0.243 e. The van der Waals surface area contributed by atoms with Gasteiger partial charge in [-0.05, 0) is 62.1 Å². The van der Waals surface area contributed by atoms with Gasteiger partial charge in [0.1, 0.15) is 0 Å². The van der Waals surface area contributed by atoms with Crippen LogP contribution in [-0.2, 0) is 16.4 Å². The van der Waals surface area contributed by atoms with Gasteiger partial charge in [0.25, 0.3) is 0 Å². The molecule has 1 aromatic carbocycles. The van der Waals surface area contributed by atoms with Gasteiger partial charge in [0.05, 0.1) is 4.90 Å². The second-order valence-corrected chi connectivity index (χ2v) is 9.60. The van der Waals surface area contributed by atoms with Crippen LogP contribution in [0.15, 0.2) is 28.1 Å². The van der Waals surface area contributed by atoms with E-state index in [1.54, 1.807) is 10.4 Å². The van der Waals surface area contributed by atoms with Gasteiger partial charge >= 0.3 is 0 Å². The maximum absolute atomic E-state index is 13.2. The van der Waals surface area contributed by atoms with Crippen molar-refractivity contribution in [3.63, 3.8) is 0 Å². The SMILES string of the molecule is CCC1=NCCc2ccc(S(=O)(=O)N3CC4(CCC4)CC3C)cc21. The average molecular weight is 346 g/mol. The summed E-state index contributed by atoms with van der Waals surface area (Å²) < 4.78 is 28.2. The Morgan fingerprint density at radius 3 is 2.75 bits per heavy atom. The standard InChI is InChI=1S/C19H26N2O2S/c1-3-18-17-11-16(6-5-15(17)7-10-20-18)24(22,23)21-13-19(8-4-9-19)12-14(21)2/h5-6,11,14H,3-4,7-10,12-13H2,1-2H3. The molecular weight excluding hydrogens is 320 g/mol. The first-order chi connectivity index (χ1) is 11.5. The molecule has 0 amide bonds. The quantitative estimate of drug-likeness (QED) is 0.842. The zero-order valence-corrected chi connectivity index (χ0v) is 15.4. The molecule has 0 N–H and O–H groups in total. The van der Waals surface area contributed by atoms with Crippen LogP contribution in [-0.4, -0.2) is 37.6 Å². The third-order valence-corrected chi connectivity index (χ3v) is 8.10. The van der Waals surface area contributed by atoms with Crippen molar-refractivity contribution in [2.75, 3.05) is 13.1 Å². The molecule has 0 bridgehead atoms. The second-order valence-electron chi connectivity index (χ2n) is 7.71. The first-order valence-corrected chi connectivity index (χ1v) is 10.6. The number of rotatable bonds is 3. The normalized spacial score (nSPS) is 26.1. The van der Waals surface area contributed by atoms with E-state index in [-0.39, 0.29) is 11.5 Å². The number of aliphatic imine (C=N–C) groups is 1. The summed E-state index contributed by atoms with van der Waals surface area (Å²) in [4.78, 5) is 5.02. The highest BCUT2D eigenvalue weighted by atomic mass is 32.2. The molecule has 4 nitrogen and oxygen atoms in total. The zero-order chi connectivity index (χ0) is 16.9. The van der Waals surface area contributed by atoms with E-state index >= 15 is 0 Å². The number of benzene rings is 1. The molecule has 2 heterocycles. The summed E-state index contributed by atoms with van der Waals surface area (Å²) in [7, 11) is -3.42. The molecule has 1 atom stereocenters. The fourth-order valence-corrected chi connectivity index (χ4v) is 6.45. The molecule has 24 heavy (non-hydrogen) atoms. The molecule has 1 unspecified atom stereocenters. The molecule has 1 saturated carbocycles. The van der Waals surface area contributed by atoms with Crippen LogP contribution in [0.2, 0.25) is 0 Å². The highest BCUT2D eigenvalue weighted by molar-refractivity contribution is 7.89. The van der Waals surface area contributed by atoms with Crippen LogP contribution in [0.25, 0.3) is 0 Å². The molecule has 3 aliphatic rings. The van der Waals surface area contributed by atoms with Gasteiger partial charge in [-0.2, -0.15) is 4.31 Å². The van der Waals surface area contributed by atoms with Crippen LogP contribution in [0, 0.1) is 5.41 Å². The molecule has 1 spiro atoms. The van der Waals surface area contributed by atoms with E-state index in [1.165, 1.54) is 24.8 Å². The van der Waals surface area contributed by atoms with Gasteiger partial charge in [0, 0.05) is 30.4 Å². The lowest BCUT2D eigenvalue weighted by Crippen LogP contribution is -2.37. The predicted molar refractivity (Wildman–Crippen MR) is 96.1 cm³/mol. The van der Waals surface area contributed by atoms with Crippen molar-refractivity contribution in [3.8, 4) is 0 Å². The molecule has 5 heteroatoms. The Kier molecular flexibility index (Phi) is 3.84. The largest absolute Gasteiger partial charge is 0.289 e. The minimum absolute atomic E-state index is 0.102. The third kappa shape index (κ3) is 2.44. The lowest BCUT2D eigenvalue weighted by molar-refractivity contribution is 0.152. The monoisotopic (exact) mass is 346 g/mol. The third-order valence-electron chi connectivity index (χ3n) is 6.14. The fraction of sp³-hybridized carbons (Fsp3) is 0.632. The summed E-state index contributed by atoms with van der Waals surface area (Å²) in [5.74, 6) is 0. The molecule has 2 aliphatic heterocycles. The molecule has 1 aliphatic carbocycles. The van der Waals surface area contributed by atoms with Gasteiger partial charge in [-0.15, -0.1) is 0 Å². The van der Waals surface area contributed by atoms with Crippen molar-refractivity contribution >= 4 is 15.7 Å². The average Bonchev–Trinajstić information content (AvgIpc) is 2.92. The van der Waals surface area contributed by atoms with E-state index in [2.05, 4.69) is 18.8 Å². The molecule has 2 fully saturated rings. The van der Waals surface area contributed by atoms with E-state index in [1.807, 2.05) is 12.1 Å². The number of sulfonamides is 1. The second kappa shape index (κ2) is 5.67. The summed E-state index contributed by atoms with van der Waals surface area (Å²) in [6.07, 6.45) is 6.37. The summed E-state index contributed by atoms with van der Waals surface area (Å²) in [6, 6.07) is 5.76. The van der Waals surface area contributed by atoms with E-state index in [0.29, 0.717) is 11.4 Å². The Morgan fingerprint density at radius 2 is 2.12 bits per heavy atom. The molecular formula is C19H26N2O2S. The first kappa shape index (κ1) is 16.3. The van der Waals surface area contributed by atoms with Crippen LogP contribution in [0.4, 0.5) is 0 Å². The zero-order valence-electron chi connectivity index (χ0n) is 14.6. The predicted octanol–water partition coefficient (Wildman–Crippen LogP) is 3.40. The van der Waals surface area contributed by atoms with Crippen molar-refractivity contribution in [2.45, 2.75) is 63.3 Å². The maximum atomic E-state index is 13.2. The molecule has 1 aromatic rings. The first-order valence-electron chi connectivity index (χ1n) is 9.14. The van der Waals surface area contributed by atoms with Crippen LogP contribution in [0.3, 0.4) is 0 Å². The molecule has 130 valence electrons. The summed E-state index contributed by atoms with van der Waals surface area (Å²) >= 11 is 0. The van der Waals surface area contributed by atoms with Crippen molar-refractivity contribution in [1.82, 2.24) is 4.31 Å². The Labute approximate surface area is 145 Å². The van der Waals surface area contributed by atoms with E-state index in [0.717, 1.165) is 37.1 Å². The van der Waals surface area contributed by atoms with Crippen LogP contribution >= 0.6 is 0 Å². The summed E-state index contributed by atoms with van der Waals surface area (Å²) in [6.45, 7) is 5.65. The Balaban J connectivity index is 1.69. The van der Waals surface area contributed by atoms with Crippen molar-refractivity contribution in [2.24, 2.45) is 10.4 Å². The van der Waals surface area contributed by atoms with Gasteiger partial charge in [-0.1, -0.05) is 19.4 Å². The number of nitrogens with zero attached hydrogens (tertiary/aromatic N) is 2. The van der Waals surface area contributed by atoms with Crippen LogP contribution in [0.1, 0.15) is 57.1 Å². The van der Waals surface area contributed by atoms with Crippen LogP contribution < -0.4 is 0 Å². The molecule has 0 radical (unpaired) electrons. The van der Waals surface area contributed by atoms with E-state index in [9.17, 15) is 8.42 Å². The van der Waals surface area contributed by atoms with Gasteiger partial charge in [-0.25, -0.2) is 8.42 Å². The number of hydrogen-bond acceptors (Lipinski definition) is 3. The highest BCUT2D eigenvalue weighted by Crippen LogP contribution is 2.51. The topological polar surface area (TPSA) is 49.7 Å². The Morgan fingerprint density at radius 1 is 1.33 bits per heavy atom. The molecule has 4 rings (SSSR count). The van der Waals surface area contributed by atoms with Gasteiger partial charge in [-0.3, -0.25) is 4.99 Å². The van der Waals surface area contributed by atoms with Crippen molar-refractivity contribution < 1.29 is 8.42 Å². The minimum atomic E-state index is -3.42. The Hall–Kier alpha value is -1.20. The maximum Gasteiger partial charge on any atom is 0.243 e. The number of hydrogen-bond donors (Lipinski definition) is 0. The van der Waals surface area contributed by atoms with Crippen molar-refractivity contribution in [1.29, 1.82) is 0 Å². The summed E-state index contributed by atoms with van der Waals surface area (Å²) in [5.41, 5.74) is 3.57. The van der Waals surface area contributed by atoms with E-state index in [4.69, 9.17) is 0 Å². The highest BCUT2D eigenvalue weighted by Gasteiger charge is 2.50. The van der Waals surface area contributed by atoms with E-state index < -0.39 is 10.0 Å². The summed E-state index contributed by atoms with van der Waals surface area (Å²) in [5, 5.41) is 0. The van der Waals surface area contributed by atoms with Gasteiger partial charge in [0.2, 0.25) is 10.0 Å². The van der Waals surface area contributed by atoms with Crippen LogP contribution in [0.5, 0.6) is 0 Å². The van der Waals surface area contributed by atoms with Gasteiger partial charge in [0.15, 0.2) is 0 Å². The lowest BCUT2D eigenvalue weighted by atomic mass is 9.68. The van der Waals surface area contributed by atoms with Crippen molar-refractivity contribution in [3.05, 3.63) is 29.3 Å². The lowest BCUT2D eigenvalue weighted by Gasteiger charge is -2.38. The minimum Gasteiger partial charge on any atom is -0.289 e. The fourth-order valence-electron chi connectivity index (χ4n) is 4.68. The molecule has 0 aromatic heterocycles.